The van der Waals surface area contributed by atoms with E-state index in [-0.39, 0.29) is 10.6 Å². The minimum Gasteiger partial charge on any atom is -0.294 e. The Morgan fingerprint density at radius 3 is 2.64 bits per heavy atom. The highest BCUT2D eigenvalue weighted by atomic mass is 35.5. The molecule has 11 heavy (non-hydrogen) atoms. The van der Waals surface area contributed by atoms with E-state index in [4.69, 9.17) is 11.6 Å². The Hall–Kier alpha value is -0.960. The van der Waals surface area contributed by atoms with E-state index in [1.54, 1.807) is 0 Å². The number of pyridine rings is 1. The molecule has 0 radical (unpaired) electrons. The molecule has 0 N–H and O–H groups in total. The van der Waals surface area contributed by atoms with Gasteiger partial charge in [0.25, 0.3) is 0 Å². The molecule has 2 nitrogen and oxygen atoms in total. The van der Waals surface area contributed by atoms with E-state index in [0.717, 1.165) is 6.20 Å². The molecule has 4 heteroatoms. The largest absolute Gasteiger partial charge is 0.294 e. The van der Waals surface area contributed by atoms with Crippen LogP contribution in [0.4, 0.5) is 4.39 Å². The predicted octanol–water partition coefficient (Wildman–Crippen LogP) is 2.08. The third-order valence-electron chi connectivity index (χ3n) is 1.21. The molecule has 1 heterocycles. The Bertz CT molecular complexity index is 280. The summed E-state index contributed by atoms with van der Waals surface area (Å²) >= 11 is 5.50. The average molecular weight is 174 g/mol. The number of halogens is 2. The predicted molar refractivity (Wildman–Crippen MR) is 39.2 cm³/mol. The van der Waals surface area contributed by atoms with E-state index >= 15 is 0 Å². The number of rotatable bonds is 1. The minimum absolute atomic E-state index is 0.0532. The van der Waals surface area contributed by atoms with Gasteiger partial charge in [0.15, 0.2) is 11.6 Å². The minimum atomic E-state index is -0.676. The van der Waals surface area contributed by atoms with Gasteiger partial charge < -0.3 is 0 Å². The summed E-state index contributed by atoms with van der Waals surface area (Å²) in [5.74, 6) is -1.07. The van der Waals surface area contributed by atoms with Crippen molar-refractivity contribution < 1.29 is 9.18 Å². The second-order valence-electron chi connectivity index (χ2n) is 2.03. The van der Waals surface area contributed by atoms with Crippen LogP contribution < -0.4 is 0 Å². The van der Waals surface area contributed by atoms with Crippen LogP contribution in [0.15, 0.2) is 12.4 Å². The third kappa shape index (κ3) is 1.54. The molecule has 0 bridgehead atoms. The van der Waals surface area contributed by atoms with Gasteiger partial charge in [-0.1, -0.05) is 11.6 Å². The van der Waals surface area contributed by atoms with E-state index in [2.05, 4.69) is 4.98 Å². The lowest BCUT2D eigenvalue weighted by Crippen LogP contribution is -1.98. The Labute approximate surface area is 68.0 Å². The highest BCUT2D eigenvalue weighted by Gasteiger charge is 2.10. The summed E-state index contributed by atoms with van der Waals surface area (Å²) in [6.07, 6.45) is 2.20. The number of hydrogen-bond acceptors (Lipinski definition) is 2. The number of carbonyl (C=O) groups is 1. The quantitative estimate of drug-likeness (QED) is 0.609. The Kier molecular flexibility index (Phi) is 2.19. The van der Waals surface area contributed by atoms with Gasteiger partial charge in [-0.15, -0.1) is 0 Å². The van der Waals surface area contributed by atoms with Crippen LogP contribution in [0.2, 0.25) is 5.02 Å². The van der Waals surface area contributed by atoms with Crippen LogP contribution in [0.25, 0.3) is 0 Å². The van der Waals surface area contributed by atoms with Crippen LogP contribution in [0.1, 0.15) is 17.3 Å². The summed E-state index contributed by atoms with van der Waals surface area (Å²) in [6, 6.07) is 0. The van der Waals surface area contributed by atoms with Gasteiger partial charge in [-0.2, -0.15) is 0 Å². The van der Waals surface area contributed by atoms with E-state index in [1.165, 1.54) is 13.1 Å². The summed E-state index contributed by atoms with van der Waals surface area (Å²) in [5, 5.41) is 0.0532. The molecule has 0 fully saturated rings. The summed E-state index contributed by atoms with van der Waals surface area (Å²) in [7, 11) is 0. The van der Waals surface area contributed by atoms with Crippen molar-refractivity contribution in [1.82, 2.24) is 4.98 Å². The fourth-order valence-corrected chi connectivity index (χ4v) is 1.03. The van der Waals surface area contributed by atoms with Crippen LogP contribution in [0.5, 0.6) is 0 Å². The van der Waals surface area contributed by atoms with Gasteiger partial charge in [0.2, 0.25) is 0 Å². The van der Waals surface area contributed by atoms with Crippen molar-refractivity contribution in [3.8, 4) is 0 Å². The third-order valence-corrected chi connectivity index (χ3v) is 1.49. The van der Waals surface area contributed by atoms with Gasteiger partial charge in [0, 0.05) is 6.20 Å². The molecule has 0 amide bonds. The maximum absolute atomic E-state index is 12.7. The Balaban J connectivity index is 3.32. The molecule has 0 aliphatic heterocycles. The van der Waals surface area contributed by atoms with Gasteiger partial charge in [-0.3, -0.25) is 9.78 Å². The first-order valence-corrected chi connectivity index (χ1v) is 3.30. The van der Waals surface area contributed by atoms with Gasteiger partial charge in [0.05, 0.1) is 16.8 Å². The van der Waals surface area contributed by atoms with Crippen LogP contribution in [0, 0.1) is 5.82 Å². The zero-order valence-electron chi connectivity index (χ0n) is 5.77. The molecule has 0 spiro atoms. The molecular formula is C7H5ClFNO. The number of nitrogens with zero attached hydrogens (tertiary/aromatic N) is 1. The van der Waals surface area contributed by atoms with Gasteiger partial charge in [-0.05, 0) is 6.92 Å². The number of carbonyl (C=O) groups excluding carboxylic acids is 1. The van der Waals surface area contributed by atoms with Crippen molar-refractivity contribution in [2.24, 2.45) is 0 Å². The van der Waals surface area contributed by atoms with Crippen molar-refractivity contribution in [2.75, 3.05) is 0 Å². The average Bonchev–Trinajstić information content (AvgIpc) is 1.85. The molecule has 0 saturated carbocycles. The van der Waals surface area contributed by atoms with Crippen LogP contribution in [-0.2, 0) is 0 Å². The summed E-state index contributed by atoms with van der Waals surface area (Å²) < 4.78 is 12.7. The Morgan fingerprint density at radius 2 is 2.27 bits per heavy atom. The number of Topliss-reactive ketones (excluding diaryl/α,β-unsaturated/α-hetero) is 1. The molecule has 58 valence electrons. The fourth-order valence-electron chi connectivity index (χ4n) is 0.748. The molecule has 0 unspecified atom stereocenters. The van der Waals surface area contributed by atoms with Crippen molar-refractivity contribution in [2.45, 2.75) is 6.92 Å². The van der Waals surface area contributed by atoms with Gasteiger partial charge in [-0.25, -0.2) is 4.39 Å². The first kappa shape index (κ1) is 8.14. The second-order valence-corrected chi connectivity index (χ2v) is 2.44. The molecule has 0 saturated heterocycles. The number of ketones is 1. The highest BCUT2D eigenvalue weighted by molar-refractivity contribution is 6.33. The molecule has 1 aromatic heterocycles. The maximum Gasteiger partial charge on any atom is 0.164 e. The van der Waals surface area contributed by atoms with Crippen molar-refractivity contribution in [3.05, 3.63) is 28.8 Å². The smallest absolute Gasteiger partial charge is 0.164 e. The number of aromatic nitrogens is 1. The summed E-state index contributed by atoms with van der Waals surface area (Å²) in [4.78, 5) is 14.2. The monoisotopic (exact) mass is 173 g/mol. The molecule has 0 aromatic carbocycles. The zero-order valence-corrected chi connectivity index (χ0v) is 6.52. The van der Waals surface area contributed by atoms with Crippen molar-refractivity contribution in [1.29, 1.82) is 0 Å². The number of hydrogen-bond donors (Lipinski definition) is 0. The van der Waals surface area contributed by atoms with Crippen LogP contribution >= 0.6 is 11.6 Å². The fraction of sp³-hybridized carbons (Fsp3) is 0.143. The zero-order chi connectivity index (χ0) is 8.43. The molecule has 0 atom stereocenters. The first-order chi connectivity index (χ1) is 5.13. The van der Waals surface area contributed by atoms with E-state index in [0.29, 0.717) is 0 Å². The maximum atomic E-state index is 12.7. The molecule has 0 aliphatic rings. The Morgan fingerprint density at radius 1 is 1.64 bits per heavy atom. The van der Waals surface area contributed by atoms with E-state index in [9.17, 15) is 9.18 Å². The normalized spacial score (nSPS) is 9.73. The topological polar surface area (TPSA) is 30.0 Å². The first-order valence-electron chi connectivity index (χ1n) is 2.93. The summed E-state index contributed by atoms with van der Waals surface area (Å²) in [5.41, 5.74) is -0.0957. The standard InChI is InChI=1S/C7H5ClFNO/c1-4(11)7-5(8)2-10-3-6(7)9/h2-3H,1H3. The van der Waals surface area contributed by atoms with Crippen LogP contribution in [-0.4, -0.2) is 10.8 Å². The lowest BCUT2D eigenvalue weighted by atomic mass is 10.2. The van der Waals surface area contributed by atoms with E-state index in [1.807, 2.05) is 0 Å². The van der Waals surface area contributed by atoms with Crippen molar-refractivity contribution in [3.63, 3.8) is 0 Å². The summed E-state index contributed by atoms with van der Waals surface area (Å²) in [6.45, 7) is 1.25. The van der Waals surface area contributed by atoms with Crippen LogP contribution in [0.3, 0.4) is 0 Å². The van der Waals surface area contributed by atoms with E-state index < -0.39 is 11.6 Å². The second kappa shape index (κ2) is 2.96. The van der Waals surface area contributed by atoms with Gasteiger partial charge in [0.1, 0.15) is 0 Å². The molecule has 1 aromatic rings. The molecule has 1 rings (SSSR count). The molecule has 0 aliphatic carbocycles. The van der Waals surface area contributed by atoms with Gasteiger partial charge >= 0.3 is 0 Å². The lowest BCUT2D eigenvalue weighted by molar-refractivity contribution is 0.101. The molecular weight excluding hydrogens is 169 g/mol. The SMILES string of the molecule is CC(=O)c1c(F)cncc1Cl. The lowest BCUT2D eigenvalue weighted by Gasteiger charge is -1.98. The highest BCUT2D eigenvalue weighted by Crippen LogP contribution is 2.17. The van der Waals surface area contributed by atoms with Crippen molar-refractivity contribution >= 4 is 17.4 Å².